The number of ether oxygens (including phenoxy) is 1. The lowest BCUT2D eigenvalue weighted by molar-refractivity contribution is -0.137. The van der Waals surface area contributed by atoms with Crippen LogP contribution in [0, 0.1) is 0 Å². The van der Waals surface area contributed by atoms with Gasteiger partial charge in [0.05, 0.1) is 12.0 Å². The molecular formula is C17H18BrNO4S2. The van der Waals surface area contributed by atoms with Gasteiger partial charge in [-0.2, -0.15) is 0 Å². The zero-order chi connectivity index (χ0) is 18.4. The van der Waals surface area contributed by atoms with Gasteiger partial charge >= 0.3 is 5.97 Å². The molecular weight excluding hydrogens is 426 g/mol. The fraction of sp³-hybridized carbons (Fsp3) is 0.353. The molecule has 5 nitrogen and oxygen atoms in total. The molecule has 0 radical (unpaired) electrons. The molecule has 134 valence electrons. The van der Waals surface area contributed by atoms with Crippen molar-refractivity contribution in [2.75, 3.05) is 13.7 Å². The second kappa shape index (κ2) is 9.35. The SMILES string of the molecule is COc1ccc(Br)cc1/C=C1\SC(=S)N(CCCCCC(=O)O)C1=O. The lowest BCUT2D eigenvalue weighted by Crippen LogP contribution is -2.29. The number of thioether (sulfide) groups is 1. The Kier molecular flexibility index (Phi) is 7.46. The molecule has 0 aliphatic carbocycles. The maximum Gasteiger partial charge on any atom is 0.303 e. The standard InChI is InChI=1S/C17H18BrNO4S2/c1-23-13-7-6-12(18)9-11(13)10-14-16(22)19(17(24)25-14)8-4-2-3-5-15(20)21/h6-7,9-10H,2-5,8H2,1H3,(H,20,21)/b14-10-. The van der Waals surface area contributed by atoms with E-state index in [-0.39, 0.29) is 12.3 Å². The molecule has 1 fully saturated rings. The molecule has 1 aromatic rings. The van der Waals surface area contributed by atoms with Crippen LogP contribution in [-0.4, -0.2) is 39.9 Å². The van der Waals surface area contributed by atoms with Crippen LogP contribution in [0.2, 0.25) is 0 Å². The van der Waals surface area contributed by atoms with Gasteiger partial charge in [-0.15, -0.1) is 0 Å². The van der Waals surface area contributed by atoms with E-state index >= 15 is 0 Å². The van der Waals surface area contributed by atoms with E-state index in [1.807, 2.05) is 18.2 Å². The first-order valence-corrected chi connectivity index (χ1v) is 9.75. The third-order valence-electron chi connectivity index (χ3n) is 3.62. The molecule has 1 N–H and O–H groups in total. The van der Waals surface area contributed by atoms with Gasteiger partial charge in [-0.25, -0.2) is 0 Å². The first-order valence-electron chi connectivity index (χ1n) is 7.73. The molecule has 0 unspecified atom stereocenters. The maximum atomic E-state index is 12.6. The van der Waals surface area contributed by atoms with E-state index in [9.17, 15) is 9.59 Å². The van der Waals surface area contributed by atoms with Gasteiger partial charge in [0.25, 0.3) is 5.91 Å². The first-order chi connectivity index (χ1) is 11.9. The van der Waals surface area contributed by atoms with Crippen LogP contribution in [0.5, 0.6) is 5.75 Å². The molecule has 8 heteroatoms. The van der Waals surface area contributed by atoms with E-state index < -0.39 is 5.97 Å². The number of methoxy groups -OCH3 is 1. The molecule has 0 bridgehead atoms. The third-order valence-corrected chi connectivity index (χ3v) is 5.50. The number of carboxylic acids is 1. The normalized spacial score (nSPS) is 15.9. The van der Waals surface area contributed by atoms with Crippen molar-refractivity contribution in [3.8, 4) is 5.75 Å². The minimum Gasteiger partial charge on any atom is -0.496 e. The predicted octanol–water partition coefficient (Wildman–Crippen LogP) is 4.30. The van der Waals surface area contributed by atoms with Crippen molar-refractivity contribution < 1.29 is 19.4 Å². The Morgan fingerprint density at radius 2 is 2.16 bits per heavy atom. The van der Waals surface area contributed by atoms with Gasteiger partial charge in [0.15, 0.2) is 0 Å². The van der Waals surface area contributed by atoms with Crippen LogP contribution in [0.3, 0.4) is 0 Å². The van der Waals surface area contributed by atoms with Crippen LogP contribution >= 0.6 is 39.9 Å². The second-order valence-electron chi connectivity index (χ2n) is 5.42. The second-order valence-corrected chi connectivity index (χ2v) is 8.02. The summed E-state index contributed by atoms with van der Waals surface area (Å²) in [5.41, 5.74) is 0.804. The van der Waals surface area contributed by atoms with Crippen LogP contribution in [0.1, 0.15) is 31.2 Å². The van der Waals surface area contributed by atoms with E-state index in [2.05, 4.69) is 15.9 Å². The monoisotopic (exact) mass is 443 g/mol. The number of benzene rings is 1. The number of amides is 1. The molecule has 1 heterocycles. The van der Waals surface area contributed by atoms with E-state index in [1.165, 1.54) is 11.8 Å². The fourth-order valence-corrected chi connectivity index (χ4v) is 4.05. The van der Waals surface area contributed by atoms with Gasteiger partial charge in [0, 0.05) is 23.0 Å². The van der Waals surface area contributed by atoms with Gasteiger partial charge in [-0.05, 0) is 37.1 Å². The average Bonchev–Trinajstić information content (AvgIpc) is 2.81. The van der Waals surface area contributed by atoms with Crippen LogP contribution in [0.25, 0.3) is 6.08 Å². The number of unbranched alkanes of at least 4 members (excludes halogenated alkanes) is 2. The number of carbonyl (C=O) groups is 2. The molecule has 1 aromatic carbocycles. The van der Waals surface area contributed by atoms with Crippen molar-refractivity contribution in [2.24, 2.45) is 0 Å². The Balaban J connectivity index is 2.03. The number of aliphatic carboxylic acids is 1. The van der Waals surface area contributed by atoms with Crippen molar-refractivity contribution in [1.82, 2.24) is 4.90 Å². The highest BCUT2D eigenvalue weighted by atomic mass is 79.9. The Labute approximate surface area is 164 Å². The Morgan fingerprint density at radius 1 is 1.40 bits per heavy atom. The smallest absolute Gasteiger partial charge is 0.303 e. The van der Waals surface area contributed by atoms with Crippen LogP contribution in [0.15, 0.2) is 27.6 Å². The highest BCUT2D eigenvalue weighted by Crippen LogP contribution is 2.35. The van der Waals surface area contributed by atoms with Crippen molar-refractivity contribution >= 4 is 62.2 Å². The Morgan fingerprint density at radius 3 is 2.84 bits per heavy atom. The summed E-state index contributed by atoms with van der Waals surface area (Å²) in [7, 11) is 1.59. The summed E-state index contributed by atoms with van der Waals surface area (Å²) >= 11 is 10.0. The Bertz CT molecular complexity index is 721. The zero-order valence-electron chi connectivity index (χ0n) is 13.7. The predicted molar refractivity (Wildman–Crippen MR) is 107 cm³/mol. The maximum absolute atomic E-state index is 12.6. The van der Waals surface area contributed by atoms with Gasteiger partial charge < -0.3 is 9.84 Å². The summed E-state index contributed by atoms with van der Waals surface area (Å²) in [6.45, 7) is 0.511. The van der Waals surface area contributed by atoms with Gasteiger partial charge in [0.2, 0.25) is 0 Å². The van der Waals surface area contributed by atoms with Crippen LogP contribution < -0.4 is 4.74 Å². The first kappa shape index (κ1) is 19.9. The topological polar surface area (TPSA) is 66.8 Å². The third kappa shape index (κ3) is 5.55. The molecule has 0 aromatic heterocycles. The molecule has 1 aliphatic heterocycles. The van der Waals surface area contributed by atoms with Crippen LogP contribution in [-0.2, 0) is 9.59 Å². The number of thiocarbonyl (C=S) groups is 1. The summed E-state index contributed by atoms with van der Waals surface area (Å²) in [5, 5.41) is 8.64. The molecule has 1 aliphatic rings. The molecule has 2 rings (SSSR count). The minimum absolute atomic E-state index is 0.115. The largest absolute Gasteiger partial charge is 0.496 e. The van der Waals surface area contributed by atoms with Crippen molar-refractivity contribution in [1.29, 1.82) is 0 Å². The summed E-state index contributed by atoms with van der Waals surface area (Å²) in [4.78, 5) is 25.2. The van der Waals surface area contributed by atoms with E-state index in [4.69, 9.17) is 22.1 Å². The number of carboxylic acid groups (broad SMARTS) is 1. The van der Waals surface area contributed by atoms with E-state index in [0.29, 0.717) is 27.9 Å². The number of hydrogen-bond donors (Lipinski definition) is 1. The highest BCUT2D eigenvalue weighted by Gasteiger charge is 2.31. The number of hydrogen-bond acceptors (Lipinski definition) is 5. The number of carbonyl (C=O) groups excluding carboxylic acids is 1. The Hall–Kier alpha value is -1.38. The summed E-state index contributed by atoms with van der Waals surface area (Å²) in [5.74, 6) is -0.228. The molecule has 25 heavy (non-hydrogen) atoms. The summed E-state index contributed by atoms with van der Waals surface area (Å²) < 4.78 is 6.76. The van der Waals surface area contributed by atoms with Crippen molar-refractivity contribution in [3.05, 3.63) is 33.1 Å². The molecule has 0 atom stereocenters. The van der Waals surface area contributed by atoms with Gasteiger partial charge in [0.1, 0.15) is 10.1 Å². The number of nitrogens with zero attached hydrogens (tertiary/aromatic N) is 1. The molecule has 0 saturated carbocycles. The van der Waals surface area contributed by atoms with Gasteiger partial charge in [-0.1, -0.05) is 46.3 Å². The van der Waals surface area contributed by atoms with Gasteiger partial charge in [-0.3, -0.25) is 14.5 Å². The fourth-order valence-electron chi connectivity index (χ4n) is 2.37. The molecule has 1 amide bonds. The van der Waals surface area contributed by atoms with Crippen molar-refractivity contribution in [2.45, 2.75) is 25.7 Å². The average molecular weight is 444 g/mol. The van der Waals surface area contributed by atoms with E-state index in [1.54, 1.807) is 18.1 Å². The number of rotatable bonds is 8. The zero-order valence-corrected chi connectivity index (χ0v) is 16.9. The minimum atomic E-state index is -0.795. The highest BCUT2D eigenvalue weighted by molar-refractivity contribution is 9.10. The summed E-state index contributed by atoms with van der Waals surface area (Å²) in [6, 6.07) is 5.59. The lowest BCUT2D eigenvalue weighted by Gasteiger charge is -2.13. The lowest BCUT2D eigenvalue weighted by atomic mass is 10.1. The van der Waals surface area contributed by atoms with Crippen molar-refractivity contribution in [3.63, 3.8) is 0 Å². The quantitative estimate of drug-likeness (QED) is 0.366. The molecule has 0 spiro atoms. The number of halogens is 1. The van der Waals surface area contributed by atoms with Crippen LogP contribution in [0.4, 0.5) is 0 Å². The van der Waals surface area contributed by atoms with E-state index in [0.717, 1.165) is 22.9 Å². The molecule has 1 saturated heterocycles. The summed E-state index contributed by atoms with van der Waals surface area (Å²) in [6.07, 6.45) is 4.03.